The van der Waals surface area contributed by atoms with E-state index in [0.717, 1.165) is 12.1 Å². The molecule has 1 aromatic rings. The lowest BCUT2D eigenvalue weighted by molar-refractivity contribution is 0.208. The Morgan fingerprint density at radius 1 is 1.50 bits per heavy atom. The summed E-state index contributed by atoms with van der Waals surface area (Å²) in [6.45, 7) is 4.77. The first kappa shape index (κ1) is 12.6. The van der Waals surface area contributed by atoms with Crippen LogP contribution in [0.5, 0.6) is 5.75 Å². The molecular weight excluding hydrogens is 214 g/mol. The normalized spacial score (nSPS) is 12.2. The summed E-state index contributed by atoms with van der Waals surface area (Å²) in [6.07, 6.45) is 1.96. The lowest BCUT2D eigenvalue weighted by Gasteiger charge is -2.16. The zero-order valence-corrected chi connectivity index (χ0v) is 9.04. The number of rotatable bonds is 5. The van der Waals surface area contributed by atoms with Gasteiger partial charge >= 0.3 is 0 Å². The molecule has 88 valence electrons. The lowest BCUT2D eigenvalue weighted by Crippen LogP contribution is -2.12. The van der Waals surface area contributed by atoms with Crippen LogP contribution in [0.4, 0.5) is 8.78 Å². The van der Waals surface area contributed by atoms with Gasteiger partial charge in [0.05, 0.1) is 18.3 Å². The fraction of sp³-hybridized carbons (Fsp3) is 0.333. The quantitative estimate of drug-likeness (QED) is 0.785. The maximum absolute atomic E-state index is 13.2. The third-order valence-corrected chi connectivity index (χ3v) is 2.10. The molecule has 1 N–H and O–H groups in total. The van der Waals surface area contributed by atoms with Crippen LogP contribution < -0.4 is 4.74 Å². The van der Waals surface area contributed by atoms with Crippen LogP contribution in [0.25, 0.3) is 0 Å². The molecule has 16 heavy (non-hydrogen) atoms. The molecule has 1 aromatic carbocycles. The van der Waals surface area contributed by atoms with Crippen molar-refractivity contribution in [3.05, 3.63) is 42.0 Å². The molecule has 0 aliphatic carbocycles. The van der Waals surface area contributed by atoms with Gasteiger partial charge in [-0.05, 0) is 6.92 Å². The van der Waals surface area contributed by atoms with Crippen molar-refractivity contribution in [2.45, 2.75) is 26.1 Å². The molecular formula is C12H14F2O2. The molecule has 0 bridgehead atoms. The summed E-state index contributed by atoms with van der Waals surface area (Å²) < 4.78 is 31.5. The van der Waals surface area contributed by atoms with E-state index in [1.807, 2.05) is 0 Å². The highest BCUT2D eigenvalue weighted by molar-refractivity contribution is 5.35. The minimum absolute atomic E-state index is 0.0303. The van der Waals surface area contributed by atoms with Crippen molar-refractivity contribution in [1.29, 1.82) is 0 Å². The minimum atomic E-state index is -0.802. The third kappa shape index (κ3) is 3.03. The number of halogens is 2. The van der Waals surface area contributed by atoms with E-state index < -0.39 is 18.2 Å². The highest BCUT2D eigenvalue weighted by atomic mass is 19.1. The Kier molecular flexibility index (Phi) is 4.43. The number of benzene rings is 1. The maximum atomic E-state index is 13.2. The number of aliphatic hydroxyl groups excluding tert-OH is 1. The van der Waals surface area contributed by atoms with Crippen LogP contribution in [0.2, 0.25) is 0 Å². The Hall–Kier alpha value is -1.42. The number of hydrogen-bond acceptors (Lipinski definition) is 2. The van der Waals surface area contributed by atoms with Gasteiger partial charge in [-0.1, -0.05) is 6.08 Å². The topological polar surface area (TPSA) is 29.5 Å². The molecule has 0 radical (unpaired) electrons. The second-order valence-electron chi connectivity index (χ2n) is 3.48. The van der Waals surface area contributed by atoms with Crippen molar-refractivity contribution in [3.63, 3.8) is 0 Å². The third-order valence-electron chi connectivity index (χ3n) is 2.10. The van der Waals surface area contributed by atoms with E-state index in [0.29, 0.717) is 6.42 Å². The summed E-state index contributed by atoms with van der Waals surface area (Å²) in [7, 11) is 0. The zero-order valence-electron chi connectivity index (χ0n) is 9.04. The summed E-state index contributed by atoms with van der Waals surface area (Å²) in [5.41, 5.74) is -0.0303. The highest BCUT2D eigenvalue weighted by Crippen LogP contribution is 2.25. The van der Waals surface area contributed by atoms with Crippen LogP contribution in [0.15, 0.2) is 24.8 Å². The first-order chi connectivity index (χ1) is 7.58. The second-order valence-corrected chi connectivity index (χ2v) is 3.48. The van der Waals surface area contributed by atoms with Gasteiger partial charge in [-0.25, -0.2) is 8.78 Å². The average Bonchev–Trinajstić information content (AvgIpc) is 2.17. The molecule has 1 rings (SSSR count). The van der Waals surface area contributed by atoms with Crippen molar-refractivity contribution < 1.29 is 18.6 Å². The van der Waals surface area contributed by atoms with Crippen molar-refractivity contribution in [3.8, 4) is 5.75 Å². The molecule has 0 amide bonds. The summed E-state index contributed by atoms with van der Waals surface area (Å²) in [6, 6.07) is 1.78. The van der Waals surface area contributed by atoms with E-state index in [1.54, 1.807) is 13.0 Å². The van der Waals surface area contributed by atoms with Gasteiger partial charge in [0.2, 0.25) is 0 Å². The van der Waals surface area contributed by atoms with Crippen LogP contribution in [0, 0.1) is 11.6 Å². The Bertz CT molecular complexity index is 378. The second kappa shape index (κ2) is 5.61. The summed E-state index contributed by atoms with van der Waals surface area (Å²) >= 11 is 0. The zero-order chi connectivity index (χ0) is 12.1. The van der Waals surface area contributed by atoms with E-state index in [9.17, 15) is 8.78 Å². The van der Waals surface area contributed by atoms with E-state index in [-0.39, 0.29) is 17.4 Å². The van der Waals surface area contributed by atoms with Gasteiger partial charge in [0.15, 0.2) is 0 Å². The predicted molar refractivity (Wildman–Crippen MR) is 57.2 cm³/mol. The lowest BCUT2D eigenvalue weighted by atomic mass is 10.2. The number of hydrogen-bond donors (Lipinski definition) is 1. The molecule has 0 aliphatic rings. The van der Waals surface area contributed by atoms with Crippen molar-refractivity contribution in [2.24, 2.45) is 0 Å². The standard InChI is InChI=1S/C12H14F2O2/c1-3-4-8(2)16-12-6-9(13)5-11(14)10(12)7-15/h3,5-6,8,15H,1,4,7H2,2H3. The van der Waals surface area contributed by atoms with Crippen LogP contribution in [0.3, 0.4) is 0 Å². The SMILES string of the molecule is C=CCC(C)Oc1cc(F)cc(F)c1CO. The fourth-order valence-electron chi connectivity index (χ4n) is 1.34. The molecule has 4 heteroatoms. The van der Waals surface area contributed by atoms with Crippen LogP contribution in [-0.4, -0.2) is 11.2 Å². The molecule has 1 unspecified atom stereocenters. The predicted octanol–water partition coefficient (Wildman–Crippen LogP) is 2.80. The van der Waals surface area contributed by atoms with Crippen molar-refractivity contribution in [2.75, 3.05) is 0 Å². The van der Waals surface area contributed by atoms with E-state index in [2.05, 4.69) is 6.58 Å². The van der Waals surface area contributed by atoms with Gasteiger partial charge < -0.3 is 9.84 Å². The van der Waals surface area contributed by atoms with Gasteiger partial charge in [0.1, 0.15) is 17.4 Å². The van der Waals surface area contributed by atoms with Gasteiger partial charge in [-0.3, -0.25) is 0 Å². The highest BCUT2D eigenvalue weighted by Gasteiger charge is 2.13. The van der Waals surface area contributed by atoms with Gasteiger partial charge in [0.25, 0.3) is 0 Å². The smallest absolute Gasteiger partial charge is 0.135 e. The van der Waals surface area contributed by atoms with Crippen LogP contribution in [-0.2, 0) is 6.61 Å². The van der Waals surface area contributed by atoms with Crippen LogP contribution in [0.1, 0.15) is 18.9 Å². The Labute approximate surface area is 93.2 Å². The first-order valence-corrected chi connectivity index (χ1v) is 4.94. The summed E-state index contributed by atoms with van der Waals surface area (Å²) in [4.78, 5) is 0. The molecule has 2 nitrogen and oxygen atoms in total. The summed E-state index contributed by atoms with van der Waals surface area (Å²) in [5.74, 6) is -1.49. The van der Waals surface area contributed by atoms with Crippen molar-refractivity contribution >= 4 is 0 Å². The molecule has 0 fully saturated rings. The Morgan fingerprint density at radius 2 is 2.19 bits per heavy atom. The molecule has 0 saturated carbocycles. The minimum Gasteiger partial charge on any atom is -0.490 e. The van der Waals surface area contributed by atoms with E-state index in [1.165, 1.54) is 0 Å². The van der Waals surface area contributed by atoms with E-state index >= 15 is 0 Å². The molecule has 0 aromatic heterocycles. The van der Waals surface area contributed by atoms with Gasteiger partial charge in [-0.2, -0.15) is 0 Å². The molecule has 0 heterocycles. The van der Waals surface area contributed by atoms with Crippen LogP contribution >= 0.6 is 0 Å². The van der Waals surface area contributed by atoms with E-state index in [4.69, 9.17) is 9.84 Å². The molecule has 1 atom stereocenters. The average molecular weight is 228 g/mol. The van der Waals surface area contributed by atoms with Gasteiger partial charge in [0, 0.05) is 18.6 Å². The monoisotopic (exact) mass is 228 g/mol. The largest absolute Gasteiger partial charge is 0.490 e. The first-order valence-electron chi connectivity index (χ1n) is 4.94. The van der Waals surface area contributed by atoms with Crippen molar-refractivity contribution in [1.82, 2.24) is 0 Å². The molecule has 0 spiro atoms. The molecule has 0 aliphatic heterocycles. The molecule has 0 saturated heterocycles. The Morgan fingerprint density at radius 3 is 2.75 bits per heavy atom. The maximum Gasteiger partial charge on any atom is 0.135 e. The summed E-state index contributed by atoms with van der Waals surface area (Å²) in [5, 5.41) is 8.97. The fourth-order valence-corrected chi connectivity index (χ4v) is 1.34. The number of ether oxygens (including phenoxy) is 1. The van der Waals surface area contributed by atoms with Gasteiger partial charge in [-0.15, -0.1) is 6.58 Å². The Balaban J connectivity index is 2.97. The number of aliphatic hydroxyl groups is 1.